The van der Waals surface area contributed by atoms with E-state index in [1.807, 2.05) is 36.4 Å². The van der Waals surface area contributed by atoms with Gasteiger partial charge in [0.05, 0.1) is 16.0 Å². The molecule has 41 heavy (non-hydrogen) atoms. The molecule has 0 unspecified atom stereocenters. The van der Waals surface area contributed by atoms with Crippen molar-refractivity contribution in [2.24, 2.45) is 0 Å². The van der Waals surface area contributed by atoms with Crippen LogP contribution in [0.25, 0.3) is 32.3 Å². The first-order valence-electron chi connectivity index (χ1n) is 11.8. The minimum Gasteiger partial charge on any atom is -0.744 e. The first kappa shape index (κ1) is 29.1. The second kappa shape index (κ2) is 10.8. The zero-order chi connectivity index (χ0) is 29.6. The van der Waals surface area contributed by atoms with Crippen LogP contribution >= 0.6 is 0 Å². The van der Waals surface area contributed by atoms with Gasteiger partial charge in [-0.25, -0.2) is 8.42 Å². The molecule has 0 radical (unpaired) electrons. The molecule has 6 rings (SSSR count). The maximum atomic E-state index is 12.4. The summed E-state index contributed by atoms with van der Waals surface area (Å²) in [5.74, 6) is 0. The number of alkyl halides is 6. The highest BCUT2D eigenvalue weighted by atomic mass is 127. The van der Waals surface area contributed by atoms with Crippen LogP contribution in [0, 0.1) is 7.14 Å². The summed E-state index contributed by atoms with van der Waals surface area (Å²) in [5, 5.41) is 5.38. The molecule has 0 N–H and O–H groups in total. The van der Waals surface area contributed by atoms with Crippen LogP contribution < -0.4 is 21.2 Å². The largest absolute Gasteiger partial charge is 0.744 e. The molecule has 0 spiro atoms. The Morgan fingerprint density at radius 2 is 0.951 bits per heavy atom. The second-order valence-electron chi connectivity index (χ2n) is 8.98. The summed E-state index contributed by atoms with van der Waals surface area (Å²) < 4.78 is 110. The lowest BCUT2D eigenvalue weighted by molar-refractivity contribution is -0.597. The number of benzene rings is 6. The van der Waals surface area contributed by atoms with Crippen molar-refractivity contribution in [3.8, 4) is 0 Å². The molecule has 0 saturated carbocycles. The maximum absolute atomic E-state index is 12.4. The van der Waals surface area contributed by atoms with Crippen LogP contribution in [0.2, 0.25) is 0 Å². The van der Waals surface area contributed by atoms with Gasteiger partial charge >= 0.3 is 33.6 Å². The van der Waals surface area contributed by atoms with Crippen molar-refractivity contribution in [2.45, 2.75) is 17.2 Å². The molecule has 0 aliphatic rings. The van der Waals surface area contributed by atoms with Crippen molar-refractivity contribution in [1.82, 2.24) is 0 Å². The van der Waals surface area contributed by atoms with Crippen LogP contribution in [0.4, 0.5) is 26.3 Å². The van der Waals surface area contributed by atoms with Crippen LogP contribution in [0.5, 0.6) is 0 Å². The Kier molecular flexibility index (Phi) is 7.64. The van der Waals surface area contributed by atoms with E-state index in [1.165, 1.54) is 30.3 Å². The fourth-order valence-corrected chi connectivity index (χ4v) is 7.29. The summed E-state index contributed by atoms with van der Waals surface area (Å²) >= 11 is -0.805. The Morgan fingerprint density at radius 1 is 0.537 bits per heavy atom. The van der Waals surface area contributed by atoms with Gasteiger partial charge in [0.1, 0.15) is 10.1 Å². The number of halogens is 7. The standard InChI is InChI=1S/C16H10O3S.C14H8F6I/c17-20(18,19)14-9-7-12-5-4-10-2-1-3-11-6-8-13(14)16(12)15(10)11;15-13(16,17)9-1-5-11(6-2-9)21-12-7-3-10(4-8-12)14(18,19)20/h1-9H,(H,17,18,19);1-8H/q;+1/p-1. The normalized spacial score (nSPS) is 12.6. The topological polar surface area (TPSA) is 57.2 Å². The first-order chi connectivity index (χ1) is 19.2. The smallest absolute Gasteiger partial charge is 0.416 e. The average molecular weight is 698 g/mol. The molecule has 210 valence electrons. The summed E-state index contributed by atoms with van der Waals surface area (Å²) in [6, 6.07) is 26.0. The third-order valence-electron chi connectivity index (χ3n) is 6.32. The summed E-state index contributed by atoms with van der Waals surface area (Å²) in [5.41, 5.74) is -1.47. The van der Waals surface area contributed by atoms with Crippen molar-refractivity contribution in [2.75, 3.05) is 0 Å². The maximum Gasteiger partial charge on any atom is 0.416 e. The van der Waals surface area contributed by atoms with Crippen molar-refractivity contribution in [1.29, 1.82) is 0 Å². The summed E-state index contributed by atoms with van der Waals surface area (Å²) in [6.45, 7) is 0. The predicted molar refractivity (Wildman–Crippen MR) is 138 cm³/mol. The van der Waals surface area contributed by atoms with Crippen molar-refractivity contribution < 1.29 is 60.5 Å². The molecule has 0 aliphatic heterocycles. The van der Waals surface area contributed by atoms with E-state index in [0.717, 1.165) is 51.2 Å². The van der Waals surface area contributed by atoms with Gasteiger partial charge in [-0.15, -0.1) is 0 Å². The Hall–Kier alpha value is -3.42. The zero-order valence-corrected chi connectivity index (χ0v) is 23.6. The summed E-state index contributed by atoms with van der Waals surface area (Å²) in [6.07, 6.45) is -8.77. The Labute approximate surface area is 240 Å². The highest BCUT2D eigenvalue weighted by Crippen LogP contribution is 2.37. The van der Waals surface area contributed by atoms with E-state index in [-0.39, 0.29) is 4.90 Å². The highest BCUT2D eigenvalue weighted by molar-refractivity contribution is 7.86. The molecule has 0 amide bonds. The molecule has 0 aliphatic carbocycles. The molecular weight excluding hydrogens is 681 g/mol. The fourth-order valence-electron chi connectivity index (χ4n) is 4.46. The minimum atomic E-state index is -4.48. The average Bonchev–Trinajstić information content (AvgIpc) is 2.91. The predicted octanol–water partition coefficient (Wildman–Crippen LogP) is 5.34. The van der Waals surface area contributed by atoms with Crippen molar-refractivity contribution >= 4 is 42.4 Å². The van der Waals surface area contributed by atoms with E-state index in [2.05, 4.69) is 0 Å². The number of rotatable bonds is 3. The number of hydrogen-bond acceptors (Lipinski definition) is 3. The van der Waals surface area contributed by atoms with E-state index in [1.54, 1.807) is 12.1 Å². The Bertz CT molecular complexity index is 1880. The third-order valence-corrected chi connectivity index (χ3v) is 9.90. The molecule has 0 aromatic heterocycles. The minimum absolute atomic E-state index is 0.150. The lowest BCUT2D eigenvalue weighted by Gasteiger charge is -2.15. The third kappa shape index (κ3) is 6.26. The van der Waals surface area contributed by atoms with E-state index < -0.39 is 54.8 Å². The van der Waals surface area contributed by atoms with Gasteiger partial charge in [-0.1, -0.05) is 48.5 Å². The van der Waals surface area contributed by atoms with Gasteiger partial charge < -0.3 is 4.55 Å². The fraction of sp³-hybridized carbons (Fsp3) is 0.0667. The lowest BCUT2D eigenvalue weighted by Crippen LogP contribution is -3.61. The molecule has 6 aromatic carbocycles. The van der Waals surface area contributed by atoms with Crippen LogP contribution in [-0.4, -0.2) is 13.0 Å². The zero-order valence-electron chi connectivity index (χ0n) is 20.6. The van der Waals surface area contributed by atoms with Crippen LogP contribution in [0.3, 0.4) is 0 Å². The van der Waals surface area contributed by atoms with Gasteiger partial charge in [-0.3, -0.25) is 0 Å². The molecule has 0 atom stereocenters. The summed E-state index contributed by atoms with van der Waals surface area (Å²) in [4.78, 5) is -0.150. The van der Waals surface area contributed by atoms with Gasteiger partial charge in [-0.05, 0) is 81.5 Å². The highest BCUT2D eigenvalue weighted by Gasteiger charge is 2.32. The van der Waals surface area contributed by atoms with Gasteiger partial charge in [0.15, 0.2) is 7.14 Å². The van der Waals surface area contributed by atoms with Gasteiger partial charge in [0, 0.05) is 5.39 Å². The van der Waals surface area contributed by atoms with Crippen LogP contribution in [0.1, 0.15) is 11.1 Å². The van der Waals surface area contributed by atoms with Gasteiger partial charge in [0.25, 0.3) is 0 Å². The van der Waals surface area contributed by atoms with E-state index in [0.29, 0.717) is 12.5 Å². The quantitative estimate of drug-likeness (QED) is 0.109. The lowest BCUT2D eigenvalue weighted by atomic mass is 9.94. The Balaban J connectivity index is 0.000000165. The molecule has 11 heteroatoms. The number of hydrogen-bond donors (Lipinski definition) is 0. The molecule has 0 fully saturated rings. The molecule has 0 heterocycles. The van der Waals surface area contributed by atoms with Gasteiger partial charge in [-0.2, -0.15) is 26.3 Å². The second-order valence-corrected chi connectivity index (χ2v) is 13.4. The van der Waals surface area contributed by atoms with E-state index in [4.69, 9.17) is 0 Å². The SMILES string of the molecule is FC(F)(F)c1ccc([I+]c2ccc(C(F)(F)F)cc2)cc1.O=S(=O)([O-])c1ccc2ccc3cccc4ccc1c2c34. The van der Waals surface area contributed by atoms with Crippen LogP contribution in [0.15, 0.2) is 108 Å². The Morgan fingerprint density at radius 3 is 1.39 bits per heavy atom. The summed E-state index contributed by atoms with van der Waals surface area (Å²) in [7, 11) is -4.48. The molecule has 6 aromatic rings. The first-order valence-corrected chi connectivity index (χ1v) is 15.4. The molecular formula is C30H17F6IO3S. The monoisotopic (exact) mass is 698 g/mol. The van der Waals surface area contributed by atoms with Crippen LogP contribution in [-0.2, 0) is 22.5 Å². The van der Waals surface area contributed by atoms with E-state index >= 15 is 0 Å². The van der Waals surface area contributed by atoms with E-state index in [9.17, 15) is 39.3 Å². The molecule has 0 saturated heterocycles. The molecule has 0 bridgehead atoms. The molecule has 3 nitrogen and oxygen atoms in total. The van der Waals surface area contributed by atoms with Gasteiger partial charge in [0.2, 0.25) is 0 Å². The van der Waals surface area contributed by atoms with Crippen molar-refractivity contribution in [3.05, 3.63) is 121 Å². The van der Waals surface area contributed by atoms with Crippen molar-refractivity contribution in [3.63, 3.8) is 0 Å².